The highest BCUT2D eigenvalue weighted by Crippen LogP contribution is 2.23. The van der Waals surface area contributed by atoms with E-state index in [0.29, 0.717) is 0 Å². The first-order chi connectivity index (χ1) is 10.7. The molecule has 0 saturated heterocycles. The number of nitrogens with zero attached hydrogens (tertiary/aromatic N) is 2. The fraction of sp³-hybridized carbons (Fsp3) is 0.100. The fourth-order valence-corrected chi connectivity index (χ4v) is 2.45. The van der Waals surface area contributed by atoms with Crippen molar-refractivity contribution in [3.05, 3.63) is 84.1 Å². The van der Waals surface area contributed by atoms with Gasteiger partial charge < -0.3 is 0 Å². The third-order valence-corrected chi connectivity index (χ3v) is 3.72. The Balaban J connectivity index is 1.97. The number of pyridine rings is 1. The normalized spacial score (nSPS) is 11.0. The van der Waals surface area contributed by atoms with Crippen molar-refractivity contribution in [2.24, 2.45) is 12.0 Å². The summed E-state index contributed by atoms with van der Waals surface area (Å²) in [7, 11) is 2.06. The van der Waals surface area contributed by atoms with Crippen LogP contribution >= 0.6 is 0 Å². The van der Waals surface area contributed by atoms with Crippen molar-refractivity contribution in [1.29, 1.82) is 0 Å². The highest BCUT2D eigenvalue weighted by Gasteiger charge is 2.12. The second-order valence-electron chi connectivity index (χ2n) is 5.36. The van der Waals surface area contributed by atoms with Crippen LogP contribution in [0.2, 0.25) is 0 Å². The number of aliphatic imine (C=N–C) groups is 1. The minimum absolute atomic E-state index is 0.959. The number of rotatable bonds is 3. The minimum atomic E-state index is 0.959. The Hall–Kier alpha value is -2.74. The number of aryl methyl sites for hydroxylation is 2. The molecule has 0 aliphatic carbocycles. The average molecular weight is 287 g/mol. The second kappa shape index (κ2) is 6.35. The molecule has 0 aliphatic heterocycles. The second-order valence-corrected chi connectivity index (χ2v) is 5.36. The van der Waals surface area contributed by atoms with Gasteiger partial charge in [0.15, 0.2) is 6.20 Å². The van der Waals surface area contributed by atoms with Crippen molar-refractivity contribution in [3.8, 4) is 11.3 Å². The first-order valence-electron chi connectivity index (χ1n) is 7.39. The molecule has 0 amide bonds. The van der Waals surface area contributed by atoms with Crippen molar-refractivity contribution in [3.63, 3.8) is 0 Å². The number of hydrogen-bond donors (Lipinski definition) is 0. The quantitative estimate of drug-likeness (QED) is 0.506. The Morgan fingerprint density at radius 1 is 0.909 bits per heavy atom. The van der Waals surface area contributed by atoms with E-state index in [1.165, 1.54) is 16.8 Å². The highest BCUT2D eigenvalue weighted by molar-refractivity contribution is 5.82. The van der Waals surface area contributed by atoms with Gasteiger partial charge in [0.25, 0.3) is 0 Å². The molecule has 0 radical (unpaired) electrons. The molecular formula is C20H19N2+. The van der Waals surface area contributed by atoms with E-state index in [0.717, 1.165) is 11.3 Å². The van der Waals surface area contributed by atoms with Crippen LogP contribution in [0.3, 0.4) is 0 Å². The van der Waals surface area contributed by atoms with Gasteiger partial charge in [-0.2, -0.15) is 0 Å². The van der Waals surface area contributed by atoms with Gasteiger partial charge in [-0.15, -0.1) is 0 Å². The standard InChI is InChI=1S/C20H19N2/c1-16-8-6-7-11-19(16)20-14-18(12-13-22(20)2)21-15-17-9-4-3-5-10-17/h3-15H,1-2H3/q+1. The third kappa shape index (κ3) is 3.12. The first-order valence-corrected chi connectivity index (χ1v) is 7.39. The van der Waals surface area contributed by atoms with Crippen LogP contribution < -0.4 is 4.57 Å². The fourth-order valence-electron chi connectivity index (χ4n) is 2.45. The molecule has 0 spiro atoms. The van der Waals surface area contributed by atoms with Gasteiger partial charge in [-0.05, 0) is 24.1 Å². The summed E-state index contributed by atoms with van der Waals surface area (Å²) in [5, 5.41) is 0. The van der Waals surface area contributed by atoms with Crippen molar-refractivity contribution < 1.29 is 4.57 Å². The lowest BCUT2D eigenvalue weighted by Crippen LogP contribution is -2.30. The Labute approximate surface area is 131 Å². The molecular weight excluding hydrogens is 268 g/mol. The molecule has 1 aromatic heterocycles. The lowest BCUT2D eigenvalue weighted by molar-refractivity contribution is -0.660. The molecule has 22 heavy (non-hydrogen) atoms. The van der Waals surface area contributed by atoms with Crippen LogP contribution in [-0.4, -0.2) is 6.21 Å². The van der Waals surface area contributed by atoms with Crippen LogP contribution in [0.1, 0.15) is 11.1 Å². The van der Waals surface area contributed by atoms with Gasteiger partial charge in [-0.3, -0.25) is 4.99 Å². The van der Waals surface area contributed by atoms with Gasteiger partial charge in [0.05, 0.1) is 5.69 Å². The van der Waals surface area contributed by atoms with E-state index in [-0.39, 0.29) is 0 Å². The van der Waals surface area contributed by atoms with Crippen molar-refractivity contribution in [2.75, 3.05) is 0 Å². The van der Waals surface area contributed by atoms with Crippen molar-refractivity contribution in [2.45, 2.75) is 6.92 Å². The molecule has 1 heterocycles. The Morgan fingerprint density at radius 3 is 2.41 bits per heavy atom. The maximum Gasteiger partial charge on any atom is 0.214 e. The van der Waals surface area contributed by atoms with Gasteiger partial charge in [0, 0.05) is 23.9 Å². The molecule has 3 aromatic rings. The predicted molar refractivity (Wildman–Crippen MR) is 91.5 cm³/mol. The zero-order valence-electron chi connectivity index (χ0n) is 12.9. The molecule has 0 fully saturated rings. The Morgan fingerprint density at radius 2 is 1.64 bits per heavy atom. The third-order valence-electron chi connectivity index (χ3n) is 3.72. The summed E-state index contributed by atoms with van der Waals surface area (Å²) in [5.74, 6) is 0. The number of hydrogen-bond acceptors (Lipinski definition) is 1. The van der Waals surface area contributed by atoms with Crippen LogP contribution in [-0.2, 0) is 7.05 Å². The van der Waals surface area contributed by atoms with E-state index < -0.39 is 0 Å². The van der Waals surface area contributed by atoms with E-state index in [9.17, 15) is 0 Å². The van der Waals surface area contributed by atoms with Gasteiger partial charge in [0.2, 0.25) is 5.69 Å². The summed E-state index contributed by atoms with van der Waals surface area (Å²) in [6.07, 6.45) is 3.95. The predicted octanol–water partition coefficient (Wildman–Crippen LogP) is 4.24. The maximum absolute atomic E-state index is 4.60. The molecule has 0 N–H and O–H groups in total. The summed E-state index contributed by atoms with van der Waals surface area (Å²) in [6, 6.07) is 22.7. The van der Waals surface area contributed by atoms with Crippen LogP contribution in [0, 0.1) is 6.92 Å². The van der Waals surface area contributed by atoms with E-state index in [2.05, 4.69) is 72.2 Å². The topological polar surface area (TPSA) is 16.2 Å². The van der Waals surface area contributed by atoms with E-state index in [1.807, 2.05) is 30.5 Å². The number of benzene rings is 2. The first kappa shape index (κ1) is 14.2. The maximum atomic E-state index is 4.60. The zero-order chi connectivity index (χ0) is 15.4. The molecule has 0 atom stereocenters. The van der Waals surface area contributed by atoms with E-state index in [1.54, 1.807) is 0 Å². The molecule has 2 aromatic carbocycles. The molecule has 0 saturated carbocycles. The number of aromatic nitrogens is 1. The molecule has 2 nitrogen and oxygen atoms in total. The van der Waals surface area contributed by atoms with E-state index in [4.69, 9.17) is 0 Å². The van der Waals surface area contributed by atoms with Crippen LogP contribution in [0.15, 0.2) is 77.9 Å². The van der Waals surface area contributed by atoms with Gasteiger partial charge in [0.1, 0.15) is 7.05 Å². The van der Waals surface area contributed by atoms with Gasteiger partial charge >= 0.3 is 0 Å². The van der Waals surface area contributed by atoms with Crippen molar-refractivity contribution in [1.82, 2.24) is 0 Å². The van der Waals surface area contributed by atoms with Gasteiger partial charge in [-0.25, -0.2) is 4.57 Å². The Kier molecular flexibility index (Phi) is 4.10. The summed E-state index contributed by atoms with van der Waals surface area (Å²) in [6.45, 7) is 2.13. The lowest BCUT2D eigenvalue weighted by atomic mass is 10.0. The van der Waals surface area contributed by atoms with Crippen molar-refractivity contribution >= 4 is 11.9 Å². The van der Waals surface area contributed by atoms with Crippen LogP contribution in [0.5, 0.6) is 0 Å². The largest absolute Gasteiger partial charge is 0.256 e. The zero-order valence-corrected chi connectivity index (χ0v) is 12.9. The van der Waals surface area contributed by atoms with Crippen LogP contribution in [0.25, 0.3) is 11.3 Å². The monoisotopic (exact) mass is 287 g/mol. The summed E-state index contributed by atoms with van der Waals surface area (Å²) in [4.78, 5) is 4.60. The smallest absolute Gasteiger partial charge is 0.214 e. The van der Waals surface area contributed by atoms with Crippen LogP contribution in [0.4, 0.5) is 5.69 Å². The summed E-state index contributed by atoms with van der Waals surface area (Å²) >= 11 is 0. The molecule has 2 heteroatoms. The lowest BCUT2D eigenvalue weighted by Gasteiger charge is -2.04. The van der Waals surface area contributed by atoms with Gasteiger partial charge in [-0.1, -0.05) is 48.5 Å². The molecule has 3 rings (SSSR count). The summed E-state index contributed by atoms with van der Waals surface area (Å²) < 4.78 is 2.13. The summed E-state index contributed by atoms with van der Waals surface area (Å²) in [5.41, 5.74) is 5.73. The Bertz CT molecular complexity index is 805. The molecule has 0 bridgehead atoms. The van der Waals surface area contributed by atoms with E-state index >= 15 is 0 Å². The minimum Gasteiger partial charge on any atom is -0.256 e. The molecule has 0 unspecified atom stereocenters. The molecule has 0 aliphatic rings. The molecule has 108 valence electrons. The average Bonchev–Trinajstić information content (AvgIpc) is 2.56. The highest BCUT2D eigenvalue weighted by atomic mass is 14.9. The SMILES string of the molecule is Cc1ccccc1-c1cc(N=Cc2ccccc2)cc[n+]1C.